The van der Waals surface area contributed by atoms with E-state index in [1.165, 1.54) is 0 Å². The summed E-state index contributed by atoms with van der Waals surface area (Å²) in [5.74, 6) is -0.124. The third-order valence-corrected chi connectivity index (χ3v) is 6.06. The standard InChI is InChI=1S/C15H18Cl3NO/c1-4-14(10(3)15(14,17)18)13(20)19-9(2)11-5-7-12(16)8-6-11/h5-10H,4H2,1-3H3,(H,19,20)/t9?,10-,14+/m1/s1. The molecule has 0 saturated heterocycles. The summed E-state index contributed by atoms with van der Waals surface area (Å²) in [4.78, 5) is 12.5. The monoisotopic (exact) mass is 333 g/mol. The van der Waals surface area contributed by atoms with E-state index < -0.39 is 9.75 Å². The van der Waals surface area contributed by atoms with Crippen molar-refractivity contribution in [3.05, 3.63) is 34.9 Å². The average molecular weight is 335 g/mol. The molecule has 1 aliphatic carbocycles. The van der Waals surface area contributed by atoms with E-state index in [9.17, 15) is 4.79 Å². The Labute approximate surface area is 134 Å². The van der Waals surface area contributed by atoms with E-state index in [0.29, 0.717) is 11.4 Å². The molecule has 1 N–H and O–H groups in total. The molecule has 5 heteroatoms. The number of hydrogen-bond donors (Lipinski definition) is 1. The quantitative estimate of drug-likeness (QED) is 0.792. The van der Waals surface area contributed by atoms with Gasteiger partial charge in [-0.3, -0.25) is 4.79 Å². The van der Waals surface area contributed by atoms with Gasteiger partial charge in [0.1, 0.15) is 4.33 Å². The molecule has 1 saturated carbocycles. The van der Waals surface area contributed by atoms with Crippen LogP contribution in [0.5, 0.6) is 0 Å². The summed E-state index contributed by atoms with van der Waals surface area (Å²) in [6.45, 7) is 5.78. The fourth-order valence-electron chi connectivity index (χ4n) is 2.85. The van der Waals surface area contributed by atoms with Crippen molar-refractivity contribution in [3.63, 3.8) is 0 Å². The number of alkyl halides is 2. The van der Waals surface area contributed by atoms with Gasteiger partial charge in [-0.05, 0) is 31.0 Å². The first-order chi connectivity index (χ1) is 9.27. The van der Waals surface area contributed by atoms with Gasteiger partial charge in [0.15, 0.2) is 0 Å². The second kappa shape index (κ2) is 5.40. The number of benzene rings is 1. The molecule has 20 heavy (non-hydrogen) atoms. The van der Waals surface area contributed by atoms with Crippen LogP contribution in [0, 0.1) is 11.3 Å². The number of carbonyl (C=O) groups is 1. The molecule has 0 bridgehead atoms. The van der Waals surface area contributed by atoms with E-state index in [1.54, 1.807) is 0 Å². The Balaban J connectivity index is 2.11. The zero-order chi connectivity index (χ0) is 15.1. The summed E-state index contributed by atoms with van der Waals surface area (Å²) in [7, 11) is 0. The number of hydrogen-bond acceptors (Lipinski definition) is 1. The van der Waals surface area contributed by atoms with Gasteiger partial charge in [0.2, 0.25) is 5.91 Å². The Hall–Kier alpha value is -0.440. The van der Waals surface area contributed by atoms with E-state index in [1.807, 2.05) is 45.0 Å². The SMILES string of the molecule is CC[C@@]1(C(=O)NC(C)c2ccc(Cl)cc2)[C@@H](C)C1(Cl)Cl. The Morgan fingerprint density at radius 1 is 1.35 bits per heavy atom. The van der Waals surface area contributed by atoms with Crippen LogP contribution >= 0.6 is 34.8 Å². The highest BCUT2D eigenvalue weighted by molar-refractivity contribution is 6.53. The van der Waals surface area contributed by atoms with Gasteiger partial charge in [0, 0.05) is 10.9 Å². The van der Waals surface area contributed by atoms with Gasteiger partial charge in [-0.2, -0.15) is 0 Å². The largest absolute Gasteiger partial charge is 0.349 e. The maximum atomic E-state index is 12.5. The Morgan fingerprint density at radius 2 is 1.85 bits per heavy atom. The molecule has 2 nitrogen and oxygen atoms in total. The Bertz CT molecular complexity index is 514. The maximum Gasteiger partial charge on any atom is 0.230 e. The molecule has 1 amide bonds. The molecule has 0 radical (unpaired) electrons. The second-order valence-corrected chi connectivity index (χ2v) is 7.24. The van der Waals surface area contributed by atoms with Crippen LogP contribution in [0.4, 0.5) is 0 Å². The first-order valence-electron chi connectivity index (χ1n) is 6.71. The molecule has 3 atom stereocenters. The highest BCUT2D eigenvalue weighted by Crippen LogP contribution is 2.70. The first-order valence-corrected chi connectivity index (χ1v) is 7.85. The molecule has 0 aromatic heterocycles. The molecule has 1 unspecified atom stereocenters. The lowest BCUT2D eigenvalue weighted by molar-refractivity contribution is -0.127. The molecule has 0 heterocycles. The van der Waals surface area contributed by atoms with Crippen LogP contribution in [0.25, 0.3) is 0 Å². The summed E-state index contributed by atoms with van der Waals surface area (Å²) >= 11 is 18.4. The van der Waals surface area contributed by atoms with Crippen LogP contribution in [0.2, 0.25) is 5.02 Å². The Kier molecular flexibility index (Phi) is 4.30. The van der Waals surface area contributed by atoms with Crippen molar-refractivity contribution >= 4 is 40.7 Å². The minimum Gasteiger partial charge on any atom is -0.349 e. The molecule has 1 aliphatic rings. The average Bonchev–Trinajstić information content (AvgIpc) is 2.84. The van der Waals surface area contributed by atoms with Crippen molar-refractivity contribution in [1.82, 2.24) is 5.32 Å². The fraction of sp³-hybridized carbons (Fsp3) is 0.533. The molecule has 0 spiro atoms. The first kappa shape index (κ1) is 15.9. The van der Waals surface area contributed by atoms with Crippen LogP contribution in [0.3, 0.4) is 0 Å². The number of carbonyl (C=O) groups excluding carboxylic acids is 1. The minimum atomic E-state index is -0.967. The molecular weight excluding hydrogens is 317 g/mol. The fourth-order valence-corrected chi connectivity index (χ4v) is 4.01. The van der Waals surface area contributed by atoms with Crippen molar-refractivity contribution in [2.75, 3.05) is 0 Å². The lowest BCUT2D eigenvalue weighted by Gasteiger charge is -2.20. The maximum absolute atomic E-state index is 12.5. The predicted octanol–water partition coefficient (Wildman–Crippen LogP) is 4.74. The molecular formula is C15H18Cl3NO. The van der Waals surface area contributed by atoms with Crippen molar-refractivity contribution in [2.45, 2.75) is 37.6 Å². The van der Waals surface area contributed by atoms with Crippen LogP contribution in [0.1, 0.15) is 38.8 Å². The van der Waals surface area contributed by atoms with Gasteiger partial charge >= 0.3 is 0 Å². The van der Waals surface area contributed by atoms with Crippen LogP contribution < -0.4 is 5.32 Å². The van der Waals surface area contributed by atoms with E-state index in [2.05, 4.69) is 5.32 Å². The van der Waals surface area contributed by atoms with E-state index in [4.69, 9.17) is 34.8 Å². The van der Waals surface area contributed by atoms with Gasteiger partial charge in [-0.15, -0.1) is 23.2 Å². The lowest BCUT2D eigenvalue weighted by atomic mass is 9.98. The molecule has 1 aromatic carbocycles. The number of amides is 1. The molecule has 1 fully saturated rings. The summed E-state index contributed by atoms with van der Waals surface area (Å²) in [6, 6.07) is 7.30. The second-order valence-electron chi connectivity index (χ2n) is 5.42. The highest BCUT2D eigenvalue weighted by atomic mass is 35.5. The topological polar surface area (TPSA) is 29.1 Å². The molecule has 1 aromatic rings. The molecule has 2 rings (SSSR count). The van der Waals surface area contributed by atoms with Gasteiger partial charge < -0.3 is 5.32 Å². The lowest BCUT2D eigenvalue weighted by Crippen LogP contribution is -2.36. The van der Waals surface area contributed by atoms with Crippen molar-refractivity contribution < 1.29 is 4.79 Å². The smallest absolute Gasteiger partial charge is 0.230 e. The number of rotatable bonds is 4. The number of nitrogens with one attached hydrogen (secondary N) is 1. The van der Waals surface area contributed by atoms with E-state index in [-0.39, 0.29) is 17.9 Å². The van der Waals surface area contributed by atoms with Gasteiger partial charge in [-0.25, -0.2) is 0 Å². The molecule has 0 aliphatic heterocycles. The summed E-state index contributed by atoms with van der Waals surface area (Å²) in [5.41, 5.74) is 0.314. The van der Waals surface area contributed by atoms with Gasteiger partial charge in [0.25, 0.3) is 0 Å². The van der Waals surface area contributed by atoms with E-state index >= 15 is 0 Å². The third kappa shape index (κ3) is 2.32. The summed E-state index contributed by atoms with van der Waals surface area (Å²) < 4.78 is -0.967. The molecule has 110 valence electrons. The van der Waals surface area contributed by atoms with E-state index in [0.717, 1.165) is 5.56 Å². The Morgan fingerprint density at radius 3 is 2.25 bits per heavy atom. The van der Waals surface area contributed by atoms with Crippen LogP contribution in [-0.4, -0.2) is 10.2 Å². The summed E-state index contributed by atoms with van der Waals surface area (Å²) in [6.07, 6.45) is 0.625. The van der Waals surface area contributed by atoms with Crippen LogP contribution in [0.15, 0.2) is 24.3 Å². The van der Waals surface area contributed by atoms with Gasteiger partial charge in [-0.1, -0.05) is 37.6 Å². The van der Waals surface area contributed by atoms with Crippen molar-refractivity contribution in [1.29, 1.82) is 0 Å². The third-order valence-electron chi connectivity index (χ3n) is 4.47. The minimum absolute atomic E-state index is 0.0410. The van der Waals surface area contributed by atoms with Crippen molar-refractivity contribution in [2.24, 2.45) is 11.3 Å². The zero-order valence-electron chi connectivity index (χ0n) is 11.7. The highest BCUT2D eigenvalue weighted by Gasteiger charge is 2.76. The normalized spacial score (nSPS) is 28.8. The van der Waals surface area contributed by atoms with Crippen molar-refractivity contribution in [3.8, 4) is 0 Å². The van der Waals surface area contributed by atoms with Crippen LogP contribution in [-0.2, 0) is 4.79 Å². The number of halogens is 3. The summed E-state index contributed by atoms with van der Waals surface area (Å²) in [5, 5.41) is 3.68. The van der Waals surface area contributed by atoms with Gasteiger partial charge in [0.05, 0.1) is 11.5 Å². The zero-order valence-corrected chi connectivity index (χ0v) is 14.0. The predicted molar refractivity (Wildman–Crippen MR) is 84.3 cm³/mol.